The van der Waals surface area contributed by atoms with Crippen molar-refractivity contribution in [3.63, 3.8) is 0 Å². The molecular weight excluding hydrogens is 318 g/mol. The lowest BCUT2D eigenvalue weighted by molar-refractivity contribution is 0.274. The Morgan fingerprint density at radius 2 is 1.74 bits per heavy atom. The molecule has 110 valence electrons. The summed E-state index contributed by atoms with van der Waals surface area (Å²) in [6.07, 6.45) is 9.74. The number of unbranched alkanes of at least 4 members (excludes halogenated alkanes) is 6. The first-order valence-electron chi connectivity index (χ1n) is 7.67. The quantitative estimate of drug-likeness (QED) is 0.347. The molecule has 1 aromatic heterocycles. The summed E-state index contributed by atoms with van der Waals surface area (Å²) in [5.41, 5.74) is 0. The Morgan fingerprint density at radius 1 is 1.05 bits per heavy atom. The molecule has 1 rings (SSSR count). The van der Waals surface area contributed by atoms with Crippen LogP contribution in [0.5, 0.6) is 0 Å². The van der Waals surface area contributed by atoms with Gasteiger partial charge in [-0.2, -0.15) is 0 Å². The molecule has 0 aliphatic heterocycles. The Labute approximate surface area is 131 Å². The molecular formula is C16H28BrNS. The third-order valence-electron chi connectivity index (χ3n) is 3.51. The number of thiophene rings is 1. The van der Waals surface area contributed by atoms with Crippen molar-refractivity contribution in [3.05, 3.63) is 22.4 Å². The maximum absolute atomic E-state index is 3.49. The highest BCUT2D eigenvalue weighted by Crippen LogP contribution is 2.13. The Morgan fingerprint density at radius 3 is 2.32 bits per heavy atom. The molecule has 0 aromatic carbocycles. The van der Waals surface area contributed by atoms with Crippen LogP contribution in [0.2, 0.25) is 0 Å². The van der Waals surface area contributed by atoms with E-state index in [1.807, 2.05) is 11.3 Å². The van der Waals surface area contributed by atoms with Crippen LogP contribution >= 0.6 is 27.3 Å². The summed E-state index contributed by atoms with van der Waals surface area (Å²) in [4.78, 5) is 4.06. The van der Waals surface area contributed by atoms with Crippen molar-refractivity contribution in [3.8, 4) is 0 Å². The molecule has 0 spiro atoms. The first-order valence-corrected chi connectivity index (χ1v) is 9.67. The summed E-state index contributed by atoms with van der Waals surface area (Å²) in [6, 6.07) is 4.40. The van der Waals surface area contributed by atoms with E-state index < -0.39 is 0 Å². The predicted octanol–water partition coefficient (Wildman–Crippen LogP) is 5.70. The second-order valence-corrected chi connectivity index (χ2v) is 6.94. The number of alkyl halides is 1. The van der Waals surface area contributed by atoms with Gasteiger partial charge in [0.15, 0.2) is 0 Å². The van der Waals surface area contributed by atoms with Crippen LogP contribution in [-0.2, 0) is 6.54 Å². The fraction of sp³-hybridized carbons (Fsp3) is 0.750. The predicted molar refractivity (Wildman–Crippen MR) is 91.4 cm³/mol. The molecule has 0 fully saturated rings. The lowest BCUT2D eigenvalue weighted by Gasteiger charge is -2.19. The Bertz CT molecular complexity index is 287. The average molecular weight is 346 g/mol. The van der Waals surface area contributed by atoms with Gasteiger partial charge in [-0.1, -0.05) is 61.0 Å². The minimum Gasteiger partial charge on any atom is -0.299 e. The van der Waals surface area contributed by atoms with Crippen LogP contribution < -0.4 is 0 Å². The van der Waals surface area contributed by atoms with Crippen molar-refractivity contribution in [1.82, 2.24) is 4.90 Å². The molecule has 0 atom stereocenters. The highest BCUT2D eigenvalue weighted by molar-refractivity contribution is 9.09. The zero-order chi connectivity index (χ0) is 13.8. The fourth-order valence-electron chi connectivity index (χ4n) is 2.29. The number of rotatable bonds is 12. The molecule has 0 saturated heterocycles. The van der Waals surface area contributed by atoms with Gasteiger partial charge in [0, 0.05) is 16.8 Å². The third-order valence-corrected chi connectivity index (χ3v) is 4.94. The van der Waals surface area contributed by atoms with Crippen molar-refractivity contribution < 1.29 is 0 Å². The van der Waals surface area contributed by atoms with Crippen LogP contribution in [0.15, 0.2) is 17.5 Å². The third kappa shape index (κ3) is 8.83. The number of hydrogen-bond acceptors (Lipinski definition) is 2. The van der Waals surface area contributed by atoms with Gasteiger partial charge in [-0.25, -0.2) is 0 Å². The van der Waals surface area contributed by atoms with Crippen LogP contribution in [0.1, 0.15) is 56.7 Å². The lowest BCUT2D eigenvalue weighted by Crippen LogP contribution is -2.23. The van der Waals surface area contributed by atoms with Gasteiger partial charge in [0.05, 0.1) is 0 Å². The van der Waals surface area contributed by atoms with Gasteiger partial charge < -0.3 is 0 Å². The van der Waals surface area contributed by atoms with Crippen molar-refractivity contribution in [2.24, 2.45) is 0 Å². The van der Waals surface area contributed by atoms with E-state index in [9.17, 15) is 0 Å². The number of halogens is 1. The minimum atomic E-state index is 1.14. The van der Waals surface area contributed by atoms with E-state index in [0.29, 0.717) is 0 Å². The summed E-state index contributed by atoms with van der Waals surface area (Å²) in [6.45, 7) is 5.84. The average Bonchev–Trinajstić information content (AvgIpc) is 2.93. The maximum Gasteiger partial charge on any atom is 0.0327 e. The molecule has 3 heteroatoms. The van der Waals surface area contributed by atoms with E-state index in [-0.39, 0.29) is 0 Å². The van der Waals surface area contributed by atoms with Crippen LogP contribution in [0, 0.1) is 0 Å². The molecule has 0 radical (unpaired) electrons. The highest BCUT2D eigenvalue weighted by Gasteiger charge is 2.03. The van der Waals surface area contributed by atoms with Gasteiger partial charge in [0.25, 0.3) is 0 Å². The van der Waals surface area contributed by atoms with Crippen molar-refractivity contribution in [2.45, 2.75) is 58.4 Å². The Balaban J connectivity index is 1.97. The van der Waals surface area contributed by atoms with E-state index in [2.05, 4.69) is 45.3 Å². The van der Waals surface area contributed by atoms with E-state index in [1.165, 1.54) is 68.2 Å². The first kappa shape index (κ1) is 17.2. The van der Waals surface area contributed by atoms with Crippen LogP contribution in [-0.4, -0.2) is 23.3 Å². The molecule has 0 unspecified atom stereocenters. The molecule has 0 aliphatic carbocycles. The van der Waals surface area contributed by atoms with Crippen molar-refractivity contribution in [2.75, 3.05) is 18.4 Å². The van der Waals surface area contributed by atoms with Gasteiger partial charge in [-0.15, -0.1) is 11.3 Å². The second-order valence-electron chi connectivity index (χ2n) is 5.11. The van der Waals surface area contributed by atoms with Gasteiger partial charge in [0.1, 0.15) is 0 Å². The van der Waals surface area contributed by atoms with Gasteiger partial charge >= 0.3 is 0 Å². The first-order chi connectivity index (χ1) is 9.36. The SMILES string of the molecule is CCN(CCCCCCCCCBr)Cc1cccs1. The van der Waals surface area contributed by atoms with Gasteiger partial charge in [-0.3, -0.25) is 4.90 Å². The Kier molecular flexibility index (Phi) is 10.8. The molecule has 19 heavy (non-hydrogen) atoms. The molecule has 0 aliphatic rings. The van der Waals surface area contributed by atoms with Crippen molar-refractivity contribution in [1.29, 1.82) is 0 Å². The summed E-state index contributed by atoms with van der Waals surface area (Å²) >= 11 is 5.36. The lowest BCUT2D eigenvalue weighted by atomic mass is 10.1. The second kappa shape index (κ2) is 11.9. The van der Waals surface area contributed by atoms with Crippen LogP contribution in [0.25, 0.3) is 0 Å². The summed E-state index contributed by atoms with van der Waals surface area (Å²) in [7, 11) is 0. The van der Waals surface area contributed by atoms with Gasteiger partial charge in [0.2, 0.25) is 0 Å². The molecule has 0 saturated carbocycles. The largest absolute Gasteiger partial charge is 0.299 e. The van der Waals surface area contributed by atoms with Crippen LogP contribution in [0.3, 0.4) is 0 Å². The van der Waals surface area contributed by atoms with Crippen LogP contribution in [0.4, 0.5) is 0 Å². The Hall–Kier alpha value is 0.140. The maximum atomic E-state index is 3.49. The highest BCUT2D eigenvalue weighted by atomic mass is 79.9. The van der Waals surface area contributed by atoms with E-state index in [1.54, 1.807) is 0 Å². The number of nitrogens with zero attached hydrogens (tertiary/aromatic N) is 1. The minimum absolute atomic E-state index is 1.14. The van der Waals surface area contributed by atoms with E-state index in [0.717, 1.165) is 6.54 Å². The monoisotopic (exact) mass is 345 g/mol. The standard InChI is InChI=1S/C16H28BrNS/c1-2-18(15-16-11-10-14-19-16)13-9-7-5-3-4-6-8-12-17/h10-11,14H,2-9,12-13,15H2,1H3. The summed E-state index contributed by atoms with van der Waals surface area (Å²) in [5, 5.41) is 3.34. The van der Waals surface area contributed by atoms with E-state index >= 15 is 0 Å². The molecule has 0 amide bonds. The zero-order valence-corrected chi connectivity index (χ0v) is 14.6. The van der Waals surface area contributed by atoms with Crippen molar-refractivity contribution >= 4 is 27.3 Å². The van der Waals surface area contributed by atoms with Gasteiger partial charge in [-0.05, 0) is 37.4 Å². The zero-order valence-electron chi connectivity index (χ0n) is 12.2. The molecule has 0 bridgehead atoms. The molecule has 0 N–H and O–H groups in total. The summed E-state index contributed by atoms with van der Waals surface area (Å²) in [5.74, 6) is 0. The smallest absolute Gasteiger partial charge is 0.0327 e. The van der Waals surface area contributed by atoms with E-state index in [4.69, 9.17) is 0 Å². The number of hydrogen-bond donors (Lipinski definition) is 0. The summed E-state index contributed by atoms with van der Waals surface area (Å²) < 4.78 is 0. The molecule has 1 heterocycles. The topological polar surface area (TPSA) is 3.24 Å². The normalized spacial score (nSPS) is 11.3. The molecule has 1 aromatic rings. The fourth-order valence-corrected chi connectivity index (χ4v) is 3.43. The molecule has 1 nitrogen and oxygen atoms in total.